The summed E-state index contributed by atoms with van der Waals surface area (Å²) in [5.41, 5.74) is 12.0. The van der Waals surface area contributed by atoms with Crippen molar-refractivity contribution in [3.05, 3.63) is 77.3 Å². The van der Waals surface area contributed by atoms with Crippen LogP contribution in [0, 0.1) is 12.3 Å². The van der Waals surface area contributed by atoms with Gasteiger partial charge >= 0.3 is 0 Å². The molecular weight excluding hydrogens is 416 g/mol. The number of aromatic nitrogens is 1. The van der Waals surface area contributed by atoms with E-state index in [9.17, 15) is 0 Å². The summed E-state index contributed by atoms with van der Waals surface area (Å²) in [6, 6.07) is 19.2. The molecule has 4 rings (SSSR count). The van der Waals surface area contributed by atoms with Gasteiger partial charge in [-0.2, -0.15) is 0 Å². The molecule has 180 valence electrons. The Morgan fingerprint density at radius 3 is 2.21 bits per heavy atom. The number of nitrogens with zero attached hydrogens (tertiary/aromatic N) is 2. The Balaban J connectivity index is 1.12. The molecular formula is C30H40N4. The van der Waals surface area contributed by atoms with Gasteiger partial charge in [0.25, 0.3) is 0 Å². The summed E-state index contributed by atoms with van der Waals surface area (Å²) in [4.78, 5) is 2.50. The van der Waals surface area contributed by atoms with Gasteiger partial charge in [0.15, 0.2) is 0 Å². The lowest BCUT2D eigenvalue weighted by Crippen LogP contribution is -2.36. The molecule has 2 heterocycles. The summed E-state index contributed by atoms with van der Waals surface area (Å²) < 4.78 is 2.38. The minimum atomic E-state index is 0.367. The number of para-hydroxylation sites is 2. The first kappa shape index (κ1) is 24.1. The molecule has 3 aromatic rings. The largest absolute Gasteiger partial charge is 0.398 e. The van der Waals surface area contributed by atoms with Crippen LogP contribution in [-0.2, 0) is 6.54 Å². The van der Waals surface area contributed by atoms with Crippen LogP contribution in [0.25, 0.3) is 16.6 Å². The maximum absolute atomic E-state index is 8.22. The third-order valence-electron chi connectivity index (χ3n) is 7.23. The molecule has 0 aliphatic carbocycles. The fourth-order valence-electron chi connectivity index (χ4n) is 5.35. The summed E-state index contributed by atoms with van der Waals surface area (Å²) in [7, 11) is 0. The molecule has 0 spiro atoms. The minimum Gasteiger partial charge on any atom is -0.398 e. The quantitative estimate of drug-likeness (QED) is 0.313. The summed E-state index contributed by atoms with van der Waals surface area (Å²) in [6.07, 6.45) is 12.5. The zero-order valence-corrected chi connectivity index (χ0v) is 20.9. The average Bonchev–Trinajstić information content (AvgIpc) is 2.83. The molecule has 0 saturated heterocycles. The molecule has 0 amide bonds. The van der Waals surface area contributed by atoms with E-state index in [1.165, 1.54) is 73.8 Å². The smallest absolute Gasteiger partial charge is 0.0650 e. The second-order valence-electron chi connectivity index (χ2n) is 9.77. The highest BCUT2D eigenvalue weighted by molar-refractivity contribution is 5.79. The van der Waals surface area contributed by atoms with Crippen molar-refractivity contribution in [1.29, 1.82) is 5.41 Å². The van der Waals surface area contributed by atoms with Gasteiger partial charge in [-0.3, -0.25) is 0 Å². The monoisotopic (exact) mass is 456 g/mol. The molecule has 0 fully saturated rings. The molecule has 1 aliphatic rings. The lowest BCUT2D eigenvalue weighted by Gasteiger charge is -2.35. The zero-order valence-electron chi connectivity index (χ0n) is 20.9. The van der Waals surface area contributed by atoms with Crippen molar-refractivity contribution in [3.8, 4) is 0 Å². The van der Waals surface area contributed by atoms with E-state index in [1.54, 1.807) is 0 Å². The van der Waals surface area contributed by atoms with Gasteiger partial charge in [-0.25, -0.2) is 0 Å². The maximum atomic E-state index is 8.22. The topological polar surface area (TPSA) is 58.0 Å². The van der Waals surface area contributed by atoms with Crippen molar-refractivity contribution in [2.75, 3.05) is 11.4 Å². The van der Waals surface area contributed by atoms with Crippen molar-refractivity contribution in [3.63, 3.8) is 0 Å². The number of unbranched alkanes of at least 4 members (excludes halogenated alkanes) is 7. The van der Waals surface area contributed by atoms with E-state index < -0.39 is 0 Å². The summed E-state index contributed by atoms with van der Waals surface area (Å²) in [5, 5.41) is 9.90. The highest BCUT2D eigenvalue weighted by atomic mass is 15.2. The molecule has 4 heteroatoms. The van der Waals surface area contributed by atoms with E-state index in [2.05, 4.69) is 71.9 Å². The van der Waals surface area contributed by atoms with Crippen LogP contribution in [0.4, 0.5) is 5.69 Å². The van der Waals surface area contributed by atoms with Crippen LogP contribution >= 0.6 is 0 Å². The Bertz CT molecular complexity index is 1190. The Hall–Kier alpha value is -3.01. The summed E-state index contributed by atoms with van der Waals surface area (Å²) in [6.45, 7) is 6.51. The van der Waals surface area contributed by atoms with Crippen molar-refractivity contribution in [2.24, 2.45) is 5.73 Å². The van der Waals surface area contributed by atoms with Crippen molar-refractivity contribution < 1.29 is 0 Å². The van der Waals surface area contributed by atoms with Gasteiger partial charge in [0, 0.05) is 47.2 Å². The van der Waals surface area contributed by atoms with Gasteiger partial charge in [-0.1, -0.05) is 74.9 Å². The predicted molar refractivity (Wildman–Crippen MR) is 145 cm³/mol. The van der Waals surface area contributed by atoms with Crippen molar-refractivity contribution in [1.82, 2.24) is 4.57 Å². The molecule has 1 aliphatic heterocycles. The fraction of sp³-hybridized carbons (Fsp3) is 0.433. The van der Waals surface area contributed by atoms with Gasteiger partial charge in [0.2, 0.25) is 0 Å². The van der Waals surface area contributed by atoms with Crippen LogP contribution in [0.3, 0.4) is 0 Å². The first-order valence-electron chi connectivity index (χ1n) is 13.0. The first-order valence-corrected chi connectivity index (χ1v) is 13.0. The first-order chi connectivity index (χ1) is 16.6. The Labute approximate surface area is 204 Å². The Morgan fingerprint density at radius 2 is 1.44 bits per heavy atom. The van der Waals surface area contributed by atoms with Gasteiger partial charge in [-0.15, -0.1) is 0 Å². The number of hydrogen-bond donors (Lipinski definition) is 2. The second-order valence-corrected chi connectivity index (χ2v) is 9.77. The number of hydrogen-bond acceptors (Lipinski definition) is 3. The number of benzene rings is 2. The molecule has 0 saturated carbocycles. The third-order valence-corrected chi connectivity index (χ3v) is 7.23. The number of pyridine rings is 1. The number of anilines is 1. The van der Waals surface area contributed by atoms with E-state index in [0.29, 0.717) is 11.4 Å². The maximum Gasteiger partial charge on any atom is 0.0650 e. The Morgan fingerprint density at radius 1 is 0.824 bits per heavy atom. The third kappa shape index (κ3) is 5.55. The van der Waals surface area contributed by atoms with E-state index in [4.69, 9.17) is 11.1 Å². The van der Waals surface area contributed by atoms with Crippen LogP contribution in [0.15, 0.2) is 60.7 Å². The molecule has 1 aromatic heterocycles. The molecule has 2 aromatic carbocycles. The molecule has 3 N–H and O–H groups in total. The molecule has 0 radical (unpaired) electrons. The number of nitrogens with two attached hydrogens (primary N) is 1. The Kier molecular flexibility index (Phi) is 8.10. The number of fused-ring (bicyclic) bond motifs is 2. The zero-order chi connectivity index (χ0) is 23.9. The van der Waals surface area contributed by atoms with Gasteiger partial charge < -0.3 is 20.6 Å². The second kappa shape index (κ2) is 11.4. The summed E-state index contributed by atoms with van der Waals surface area (Å²) in [5.74, 6) is 0. The summed E-state index contributed by atoms with van der Waals surface area (Å²) >= 11 is 0. The normalized spacial score (nSPS) is 15.4. The predicted octanol–water partition coefficient (Wildman–Crippen LogP) is 6.76. The number of rotatable bonds is 11. The highest BCUT2D eigenvalue weighted by Crippen LogP contribution is 2.31. The lowest BCUT2D eigenvalue weighted by atomic mass is 10.00. The van der Waals surface area contributed by atoms with Crippen LogP contribution in [0.5, 0.6) is 0 Å². The number of nitrogens with one attached hydrogen (secondary N) is 1. The van der Waals surface area contributed by atoms with Crippen LogP contribution < -0.4 is 16.0 Å². The van der Waals surface area contributed by atoms with Crippen LogP contribution in [-0.4, -0.2) is 17.2 Å². The van der Waals surface area contributed by atoms with Crippen molar-refractivity contribution in [2.45, 2.75) is 77.8 Å². The van der Waals surface area contributed by atoms with Gasteiger partial charge in [0.1, 0.15) is 0 Å². The van der Waals surface area contributed by atoms with Crippen LogP contribution in [0.2, 0.25) is 0 Å². The molecule has 0 bridgehead atoms. The highest BCUT2D eigenvalue weighted by Gasteiger charge is 2.21. The van der Waals surface area contributed by atoms with Crippen molar-refractivity contribution >= 4 is 22.3 Å². The molecule has 34 heavy (non-hydrogen) atoms. The van der Waals surface area contributed by atoms with E-state index >= 15 is 0 Å². The lowest BCUT2D eigenvalue weighted by molar-refractivity contribution is 0.537. The molecule has 4 nitrogen and oxygen atoms in total. The molecule has 1 unspecified atom stereocenters. The van der Waals surface area contributed by atoms with E-state index in [-0.39, 0.29) is 0 Å². The van der Waals surface area contributed by atoms with Crippen LogP contribution in [0.1, 0.15) is 69.5 Å². The standard InChI is InChI=1S/C30H40N4/c1-23-21-27(31)25-15-9-11-17-29(25)33(23)19-13-7-5-3-4-6-8-14-20-34-24(2)22-28(32)26-16-10-12-18-30(26)34/h9-12,15-18,21-23,32H,3-8,13-14,19-20,31H2,1-2H3. The average molecular weight is 457 g/mol. The van der Waals surface area contributed by atoms with Gasteiger partial charge in [-0.05, 0) is 51.0 Å². The van der Waals surface area contributed by atoms with E-state index in [0.717, 1.165) is 24.2 Å². The van der Waals surface area contributed by atoms with Gasteiger partial charge in [0.05, 0.1) is 10.9 Å². The number of aryl methyl sites for hydroxylation is 2. The molecule has 1 atom stereocenters. The minimum absolute atomic E-state index is 0.367. The van der Waals surface area contributed by atoms with E-state index in [1.807, 2.05) is 12.1 Å². The fourth-order valence-corrected chi connectivity index (χ4v) is 5.35. The SMILES string of the molecule is Cc1cc(=N)c2ccccc2n1CCCCCCCCCCN1c2ccccc2C(N)=CC1C.